The molecule has 5 rings (SSSR count). The lowest BCUT2D eigenvalue weighted by Crippen LogP contribution is -2.09. The van der Waals surface area contributed by atoms with Crippen molar-refractivity contribution in [3.8, 4) is 22.8 Å². The summed E-state index contributed by atoms with van der Waals surface area (Å²) in [5.41, 5.74) is 1.87. The van der Waals surface area contributed by atoms with Crippen molar-refractivity contribution in [1.82, 2.24) is 0 Å². The van der Waals surface area contributed by atoms with E-state index >= 15 is 0 Å². The van der Waals surface area contributed by atoms with Gasteiger partial charge in [-0.25, -0.2) is 9.59 Å². The molecule has 0 fully saturated rings. The predicted molar refractivity (Wildman–Crippen MR) is 125 cm³/mol. The van der Waals surface area contributed by atoms with Gasteiger partial charge in [-0.3, -0.25) is 0 Å². The number of ether oxygens (including phenoxy) is 2. The van der Waals surface area contributed by atoms with Crippen molar-refractivity contribution >= 4 is 39.5 Å². The fourth-order valence-electron chi connectivity index (χ4n) is 3.71. The second-order valence-electron chi connectivity index (χ2n) is 7.48. The molecule has 3 aromatic carbocycles. The maximum Gasteiger partial charge on any atom is 0.343 e. The molecule has 0 N–H and O–H groups in total. The highest BCUT2D eigenvalue weighted by Crippen LogP contribution is 2.37. The molecule has 0 aliphatic carbocycles. The summed E-state index contributed by atoms with van der Waals surface area (Å²) >= 11 is 5.99. The molecule has 0 unspecified atom stereocenters. The van der Waals surface area contributed by atoms with Crippen molar-refractivity contribution in [2.45, 2.75) is 6.92 Å². The highest BCUT2D eigenvalue weighted by Gasteiger charge is 2.18. The van der Waals surface area contributed by atoms with Gasteiger partial charge in [-0.15, -0.1) is 0 Å². The summed E-state index contributed by atoms with van der Waals surface area (Å²) in [7, 11) is 1.56. The quantitative estimate of drug-likeness (QED) is 0.175. The third-order valence-electron chi connectivity index (χ3n) is 5.30. The number of fused-ring (bicyclic) bond motifs is 2. The summed E-state index contributed by atoms with van der Waals surface area (Å²) in [6, 6.07) is 18.5. The molecule has 2 aromatic heterocycles. The number of hydrogen-bond donors (Lipinski definition) is 0. The van der Waals surface area contributed by atoms with E-state index in [9.17, 15) is 9.59 Å². The van der Waals surface area contributed by atoms with E-state index in [-0.39, 0.29) is 0 Å². The molecule has 0 amide bonds. The zero-order valence-electron chi connectivity index (χ0n) is 17.7. The van der Waals surface area contributed by atoms with Gasteiger partial charge < -0.3 is 18.3 Å². The van der Waals surface area contributed by atoms with Crippen LogP contribution in [0.4, 0.5) is 0 Å². The molecular formula is C26H17ClO6. The number of carbonyl (C=O) groups is 1. The number of rotatable bonds is 4. The first-order chi connectivity index (χ1) is 15.9. The zero-order valence-corrected chi connectivity index (χ0v) is 18.4. The number of halogens is 1. The number of para-hydroxylation sites is 1. The molecule has 164 valence electrons. The van der Waals surface area contributed by atoms with E-state index in [0.717, 1.165) is 5.39 Å². The summed E-state index contributed by atoms with van der Waals surface area (Å²) in [6.45, 7) is 1.76. The monoisotopic (exact) mass is 460 g/mol. The Morgan fingerprint density at radius 2 is 1.76 bits per heavy atom. The fraction of sp³-hybridized carbons (Fsp3) is 0.0769. The maximum atomic E-state index is 12.7. The average molecular weight is 461 g/mol. The van der Waals surface area contributed by atoms with E-state index in [1.165, 1.54) is 12.1 Å². The molecule has 5 aromatic rings. The summed E-state index contributed by atoms with van der Waals surface area (Å²) in [4.78, 5) is 24.9. The van der Waals surface area contributed by atoms with Gasteiger partial charge in [0.1, 0.15) is 17.1 Å². The minimum Gasteiger partial charge on any atom is -0.493 e. The van der Waals surface area contributed by atoms with Crippen LogP contribution in [0.3, 0.4) is 0 Å². The highest BCUT2D eigenvalue weighted by atomic mass is 35.5. The molecule has 0 saturated heterocycles. The topological polar surface area (TPSA) is 78.9 Å². The number of methoxy groups -OCH3 is 1. The van der Waals surface area contributed by atoms with Crippen molar-refractivity contribution in [2.24, 2.45) is 0 Å². The summed E-state index contributed by atoms with van der Waals surface area (Å²) in [5, 5.41) is 1.82. The van der Waals surface area contributed by atoms with Crippen LogP contribution in [0.1, 0.15) is 15.9 Å². The van der Waals surface area contributed by atoms with Crippen LogP contribution in [0, 0.1) is 6.92 Å². The lowest BCUT2D eigenvalue weighted by molar-refractivity contribution is 0.0733. The molecule has 0 aliphatic rings. The van der Waals surface area contributed by atoms with Gasteiger partial charge in [0.2, 0.25) is 0 Å². The Hall–Kier alpha value is -4.03. The van der Waals surface area contributed by atoms with Crippen molar-refractivity contribution in [3.05, 3.63) is 93.3 Å². The fourth-order valence-corrected chi connectivity index (χ4v) is 3.90. The molecular weight excluding hydrogens is 444 g/mol. The van der Waals surface area contributed by atoms with Gasteiger partial charge in [-0.1, -0.05) is 29.8 Å². The Labute approximate surface area is 192 Å². The van der Waals surface area contributed by atoms with Gasteiger partial charge >= 0.3 is 11.6 Å². The lowest BCUT2D eigenvalue weighted by Gasteiger charge is -2.10. The lowest BCUT2D eigenvalue weighted by atomic mass is 10.0. The zero-order chi connectivity index (χ0) is 23.1. The van der Waals surface area contributed by atoms with Crippen molar-refractivity contribution in [3.63, 3.8) is 0 Å². The van der Waals surface area contributed by atoms with E-state index in [0.29, 0.717) is 55.5 Å². The third kappa shape index (κ3) is 3.85. The molecule has 6 nitrogen and oxygen atoms in total. The molecule has 0 spiro atoms. The van der Waals surface area contributed by atoms with E-state index in [4.69, 9.17) is 29.9 Å². The standard InChI is InChI=1S/C26H17ClO6/c1-14-9-22-18(12-21(14)33-26(29)16-6-3-7-17(27)10-16)19(13-24(28)31-22)23-11-15-5-4-8-20(30-2)25(15)32-23/h3-13H,1-2H3. The van der Waals surface area contributed by atoms with Crippen molar-refractivity contribution in [1.29, 1.82) is 0 Å². The average Bonchev–Trinajstić information content (AvgIpc) is 3.23. The Bertz CT molecular complexity index is 1590. The van der Waals surface area contributed by atoms with Crippen LogP contribution in [-0.4, -0.2) is 13.1 Å². The van der Waals surface area contributed by atoms with Gasteiger partial charge in [0.25, 0.3) is 0 Å². The number of hydrogen-bond acceptors (Lipinski definition) is 6. The summed E-state index contributed by atoms with van der Waals surface area (Å²) in [6.07, 6.45) is 0. The maximum absolute atomic E-state index is 12.7. The van der Waals surface area contributed by atoms with Crippen molar-refractivity contribution in [2.75, 3.05) is 7.11 Å². The first-order valence-corrected chi connectivity index (χ1v) is 10.4. The SMILES string of the molecule is COc1cccc2cc(-c3cc(=O)oc4cc(C)c(OC(=O)c5cccc(Cl)c5)cc34)oc12. The van der Waals surface area contributed by atoms with Gasteiger partial charge in [0.15, 0.2) is 11.3 Å². The molecule has 33 heavy (non-hydrogen) atoms. The number of carbonyl (C=O) groups excluding carboxylic acids is 1. The van der Waals surface area contributed by atoms with Crippen LogP contribution in [0.25, 0.3) is 33.3 Å². The van der Waals surface area contributed by atoms with Gasteiger partial charge in [-0.05, 0) is 55.0 Å². The van der Waals surface area contributed by atoms with Crippen LogP contribution < -0.4 is 15.1 Å². The van der Waals surface area contributed by atoms with Crippen LogP contribution >= 0.6 is 11.6 Å². The first-order valence-electron chi connectivity index (χ1n) is 10.1. The third-order valence-corrected chi connectivity index (χ3v) is 5.53. The van der Waals surface area contributed by atoms with Crippen molar-refractivity contribution < 1.29 is 23.1 Å². The predicted octanol–water partition coefficient (Wildman–Crippen LogP) is 6.40. The highest BCUT2D eigenvalue weighted by molar-refractivity contribution is 6.30. The number of benzene rings is 3. The van der Waals surface area contributed by atoms with E-state index in [1.54, 1.807) is 50.4 Å². The van der Waals surface area contributed by atoms with Gasteiger partial charge in [0.05, 0.1) is 12.7 Å². The Morgan fingerprint density at radius 3 is 2.55 bits per heavy atom. The summed E-state index contributed by atoms with van der Waals surface area (Å²) in [5.74, 6) is 0.824. The minimum atomic E-state index is -0.549. The Morgan fingerprint density at radius 1 is 0.939 bits per heavy atom. The summed E-state index contributed by atoms with van der Waals surface area (Å²) < 4.78 is 22.5. The van der Waals surface area contributed by atoms with Crippen LogP contribution in [-0.2, 0) is 0 Å². The smallest absolute Gasteiger partial charge is 0.343 e. The molecule has 0 bridgehead atoms. The molecule has 2 heterocycles. The second kappa shape index (κ2) is 8.15. The normalized spacial score (nSPS) is 11.1. The Kier molecular flexibility index (Phi) is 5.15. The minimum absolute atomic E-state index is 0.325. The molecule has 0 atom stereocenters. The van der Waals surface area contributed by atoms with E-state index in [2.05, 4.69) is 0 Å². The molecule has 7 heteroatoms. The van der Waals surface area contributed by atoms with Gasteiger partial charge in [-0.2, -0.15) is 0 Å². The number of esters is 1. The van der Waals surface area contributed by atoms with Crippen LogP contribution in [0.5, 0.6) is 11.5 Å². The van der Waals surface area contributed by atoms with E-state index in [1.807, 2.05) is 18.2 Å². The van der Waals surface area contributed by atoms with Crippen LogP contribution in [0.2, 0.25) is 5.02 Å². The molecule has 0 aliphatic heterocycles. The first kappa shape index (κ1) is 20.8. The molecule has 0 radical (unpaired) electrons. The van der Waals surface area contributed by atoms with Crippen LogP contribution in [0.15, 0.2) is 80.4 Å². The Balaban J connectivity index is 1.64. The second-order valence-corrected chi connectivity index (χ2v) is 7.92. The number of furan rings is 1. The largest absolute Gasteiger partial charge is 0.493 e. The van der Waals surface area contributed by atoms with Gasteiger partial charge in [0, 0.05) is 27.4 Å². The number of aryl methyl sites for hydroxylation is 1. The van der Waals surface area contributed by atoms with E-state index < -0.39 is 11.6 Å². The molecule has 0 saturated carbocycles.